The van der Waals surface area contributed by atoms with Gasteiger partial charge in [-0.15, -0.1) is 0 Å². The third kappa shape index (κ3) is 3.32. The molecule has 17 heavy (non-hydrogen) atoms. The minimum atomic E-state index is -0.185. The van der Waals surface area contributed by atoms with E-state index in [9.17, 15) is 4.79 Å². The van der Waals surface area contributed by atoms with Crippen molar-refractivity contribution in [2.45, 2.75) is 25.4 Å². The molecule has 0 spiro atoms. The number of hydrogen-bond donors (Lipinski definition) is 0. The summed E-state index contributed by atoms with van der Waals surface area (Å²) in [6, 6.07) is 10.3. The first-order valence-corrected chi connectivity index (χ1v) is 6.66. The summed E-state index contributed by atoms with van der Waals surface area (Å²) in [4.78, 5) is 11.1. The molecule has 2 rings (SSSR count). The van der Waals surface area contributed by atoms with Gasteiger partial charge in [-0.25, -0.2) is 0 Å². The van der Waals surface area contributed by atoms with Gasteiger partial charge in [-0.1, -0.05) is 0 Å². The van der Waals surface area contributed by atoms with Gasteiger partial charge < -0.3 is 0 Å². The molecule has 0 aromatic heterocycles. The molecule has 0 saturated carbocycles. The maximum absolute atomic E-state index is 11.1. The summed E-state index contributed by atoms with van der Waals surface area (Å²) >= 11 is 2.58. The van der Waals surface area contributed by atoms with Crippen LogP contribution in [-0.2, 0) is 9.53 Å². The Bertz CT molecular complexity index is 382. The van der Waals surface area contributed by atoms with Gasteiger partial charge in [-0.3, -0.25) is 0 Å². The Hall–Kier alpha value is -0.831. The number of rotatable bonds is 2. The fraction of sp³-hybridized carbons (Fsp3) is 0.462. The molecule has 1 fully saturated rings. The first-order valence-electron chi connectivity index (χ1n) is 5.83. The number of nitrogens with zero attached hydrogens (tertiary/aromatic N) is 1. The third-order valence-electron chi connectivity index (χ3n) is 3.07. The molecule has 0 bridgehead atoms. The molecule has 1 aliphatic rings. The number of carbonyl (C=O) groups is 1. The summed E-state index contributed by atoms with van der Waals surface area (Å²) in [6.07, 6.45) is 0.906. The van der Waals surface area contributed by atoms with Crippen LogP contribution in [-0.4, -0.2) is 45.3 Å². The van der Waals surface area contributed by atoms with E-state index in [4.69, 9.17) is 4.74 Å². The van der Waals surface area contributed by atoms with Gasteiger partial charge in [0.05, 0.1) is 0 Å². The summed E-state index contributed by atoms with van der Waals surface area (Å²) in [7, 11) is 0. The van der Waals surface area contributed by atoms with Crippen molar-refractivity contribution in [2.75, 3.05) is 13.1 Å². The van der Waals surface area contributed by atoms with Gasteiger partial charge in [-0.2, -0.15) is 0 Å². The standard InChI is InChI=1S/C13H17NO2Se/c1-10(15)16-13-7-8-14(17)9-12(13)11-5-3-2-4-6-11/h2-6,12-13,17H,7-9H2,1H3. The van der Waals surface area contributed by atoms with E-state index in [0.717, 1.165) is 19.5 Å². The van der Waals surface area contributed by atoms with Crippen molar-refractivity contribution in [1.29, 1.82) is 0 Å². The predicted molar refractivity (Wildman–Crippen MR) is 68.1 cm³/mol. The summed E-state index contributed by atoms with van der Waals surface area (Å²) in [6.45, 7) is 3.36. The fourth-order valence-electron chi connectivity index (χ4n) is 2.29. The average molecular weight is 298 g/mol. The van der Waals surface area contributed by atoms with E-state index in [-0.39, 0.29) is 18.0 Å². The van der Waals surface area contributed by atoms with E-state index in [2.05, 4.69) is 32.3 Å². The van der Waals surface area contributed by atoms with Crippen LogP contribution in [0.5, 0.6) is 0 Å². The molecule has 0 amide bonds. The van der Waals surface area contributed by atoms with Gasteiger partial charge in [0, 0.05) is 0 Å². The molecule has 1 aromatic rings. The number of hydrogen-bond acceptors (Lipinski definition) is 3. The van der Waals surface area contributed by atoms with E-state index < -0.39 is 0 Å². The number of carbonyl (C=O) groups excluding carboxylic acids is 1. The van der Waals surface area contributed by atoms with Crippen molar-refractivity contribution in [2.24, 2.45) is 0 Å². The molecule has 3 nitrogen and oxygen atoms in total. The Kier molecular flexibility index (Phi) is 4.21. The molecule has 1 saturated heterocycles. The topological polar surface area (TPSA) is 29.5 Å². The number of benzene rings is 1. The number of ether oxygens (including phenoxy) is 1. The normalized spacial score (nSPS) is 25.5. The molecule has 2 unspecified atom stereocenters. The number of piperidine rings is 1. The van der Waals surface area contributed by atoms with Gasteiger partial charge in [0.1, 0.15) is 0 Å². The first-order chi connectivity index (χ1) is 8.16. The van der Waals surface area contributed by atoms with Crippen molar-refractivity contribution in [1.82, 2.24) is 3.92 Å². The van der Waals surface area contributed by atoms with Crippen LogP contribution in [0.3, 0.4) is 0 Å². The van der Waals surface area contributed by atoms with Crippen LogP contribution in [0.1, 0.15) is 24.8 Å². The minimum absolute atomic E-state index is 0.00954. The molecule has 1 heterocycles. The zero-order chi connectivity index (χ0) is 12.3. The second-order valence-electron chi connectivity index (χ2n) is 4.37. The molecule has 4 heteroatoms. The Morgan fingerprint density at radius 2 is 2.12 bits per heavy atom. The van der Waals surface area contributed by atoms with Gasteiger partial charge in [0.15, 0.2) is 0 Å². The molecule has 92 valence electrons. The van der Waals surface area contributed by atoms with Crippen LogP contribution >= 0.6 is 0 Å². The van der Waals surface area contributed by atoms with Crippen LogP contribution in [0.4, 0.5) is 0 Å². The summed E-state index contributed by atoms with van der Waals surface area (Å²) in [5.41, 5.74) is 1.24. The van der Waals surface area contributed by atoms with Gasteiger partial charge in [-0.05, 0) is 0 Å². The average Bonchev–Trinajstić information content (AvgIpc) is 2.32. The zero-order valence-corrected chi connectivity index (χ0v) is 11.8. The van der Waals surface area contributed by atoms with Gasteiger partial charge in [0.2, 0.25) is 0 Å². The van der Waals surface area contributed by atoms with Crippen LogP contribution in [0.25, 0.3) is 0 Å². The molecular formula is C13H17NO2Se. The van der Waals surface area contributed by atoms with E-state index in [1.807, 2.05) is 18.2 Å². The van der Waals surface area contributed by atoms with Gasteiger partial charge >= 0.3 is 110 Å². The summed E-state index contributed by atoms with van der Waals surface area (Å²) in [5.74, 6) is 0.0898. The Labute approximate surface area is 110 Å². The molecule has 1 aliphatic heterocycles. The molecule has 0 aliphatic carbocycles. The fourth-order valence-corrected chi connectivity index (χ4v) is 2.90. The second-order valence-corrected chi connectivity index (χ2v) is 5.55. The Morgan fingerprint density at radius 1 is 1.41 bits per heavy atom. The molecular weight excluding hydrogens is 281 g/mol. The molecule has 0 N–H and O–H groups in total. The Balaban J connectivity index is 2.17. The van der Waals surface area contributed by atoms with E-state index in [1.165, 1.54) is 12.5 Å². The zero-order valence-electron chi connectivity index (χ0n) is 9.87. The van der Waals surface area contributed by atoms with Crippen molar-refractivity contribution >= 4 is 22.2 Å². The maximum atomic E-state index is 11.1. The van der Waals surface area contributed by atoms with Gasteiger partial charge in [0.25, 0.3) is 0 Å². The van der Waals surface area contributed by atoms with Crippen LogP contribution in [0, 0.1) is 0 Å². The van der Waals surface area contributed by atoms with E-state index in [0.29, 0.717) is 0 Å². The van der Waals surface area contributed by atoms with Crippen molar-refractivity contribution in [3.8, 4) is 0 Å². The Morgan fingerprint density at radius 3 is 2.76 bits per heavy atom. The summed E-state index contributed by atoms with van der Waals surface area (Å²) in [5, 5.41) is 0. The van der Waals surface area contributed by atoms with E-state index in [1.54, 1.807) is 0 Å². The van der Waals surface area contributed by atoms with Crippen LogP contribution < -0.4 is 0 Å². The first kappa shape index (κ1) is 12.6. The van der Waals surface area contributed by atoms with Crippen molar-refractivity contribution in [3.63, 3.8) is 0 Å². The SMILES string of the molecule is CC(=O)OC1CCN([SeH])CC1c1ccccc1. The third-order valence-corrected chi connectivity index (χ3v) is 3.84. The molecule has 0 radical (unpaired) electrons. The van der Waals surface area contributed by atoms with Crippen molar-refractivity contribution < 1.29 is 9.53 Å². The van der Waals surface area contributed by atoms with Crippen molar-refractivity contribution in [3.05, 3.63) is 35.9 Å². The molecule has 2 atom stereocenters. The molecule has 1 aromatic carbocycles. The van der Waals surface area contributed by atoms with Crippen LogP contribution in [0.2, 0.25) is 0 Å². The quantitative estimate of drug-likeness (QED) is 0.607. The predicted octanol–water partition coefficient (Wildman–Crippen LogP) is 1.22. The number of esters is 1. The monoisotopic (exact) mass is 299 g/mol. The van der Waals surface area contributed by atoms with Crippen LogP contribution in [0.15, 0.2) is 30.3 Å². The summed E-state index contributed by atoms with van der Waals surface area (Å²) < 4.78 is 7.66. The van der Waals surface area contributed by atoms with E-state index >= 15 is 0 Å². The second kappa shape index (κ2) is 5.67.